The fourth-order valence-electron chi connectivity index (χ4n) is 10.6. The summed E-state index contributed by atoms with van der Waals surface area (Å²) in [6.07, 6.45) is 47.4. The first-order valence-electron chi connectivity index (χ1n) is 36.5. The topological polar surface area (TPSA) is 237 Å². The van der Waals surface area contributed by atoms with Crippen LogP contribution in [0, 0.1) is 11.8 Å². The number of carbonyl (C=O) groups excluding carboxylic acids is 4. The van der Waals surface area contributed by atoms with Crippen molar-refractivity contribution in [3.8, 4) is 0 Å². The minimum Gasteiger partial charge on any atom is -0.462 e. The van der Waals surface area contributed by atoms with Gasteiger partial charge in [0.2, 0.25) is 0 Å². The lowest BCUT2D eigenvalue weighted by Crippen LogP contribution is -2.30. The zero-order valence-corrected chi connectivity index (χ0v) is 59.5. The molecule has 0 aromatic heterocycles. The summed E-state index contributed by atoms with van der Waals surface area (Å²) in [6, 6.07) is 0. The van der Waals surface area contributed by atoms with Gasteiger partial charge in [0.1, 0.15) is 19.3 Å². The summed E-state index contributed by atoms with van der Waals surface area (Å²) in [5, 5.41) is 10.6. The maximum Gasteiger partial charge on any atom is 0.472 e. The zero-order chi connectivity index (χ0) is 65.7. The third kappa shape index (κ3) is 63.2. The van der Waals surface area contributed by atoms with Crippen molar-refractivity contribution in [3.63, 3.8) is 0 Å². The Morgan fingerprint density at radius 3 is 0.854 bits per heavy atom. The van der Waals surface area contributed by atoms with Gasteiger partial charge in [-0.05, 0) is 37.5 Å². The number of rotatable bonds is 69. The summed E-state index contributed by atoms with van der Waals surface area (Å²) in [5.41, 5.74) is 0. The van der Waals surface area contributed by atoms with Crippen LogP contribution in [0.4, 0.5) is 0 Å². The van der Waals surface area contributed by atoms with Crippen LogP contribution in [0.2, 0.25) is 0 Å². The Hall–Kier alpha value is -1.94. The van der Waals surface area contributed by atoms with Crippen molar-refractivity contribution in [2.75, 3.05) is 39.6 Å². The van der Waals surface area contributed by atoms with Gasteiger partial charge in [0.15, 0.2) is 12.2 Å². The van der Waals surface area contributed by atoms with Gasteiger partial charge in [0, 0.05) is 25.7 Å². The van der Waals surface area contributed by atoms with Crippen LogP contribution in [0.25, 0.3) is 0 Å². The molecule has 0 aromatic carbocycles. The van der Waals surface area contributed by atoms with E-state index < -0.39 is 97.5 Å². The molecule has 0 heterocycles. The molecule has 0 aliphatic rings. The SMILES string of the molecule is CCCCCCCCCCCCCCCC(=O)O[C@H](COC(=O)CCCCCCC)COP(=O)(O)OC[C@H](O)COP(=O)(O)OC[C@@H](COC(=O)CCCCCCCCCCCCC(C)CC)OC(=O)CCCCCCCCCCCCCCCCC(C)C. The Bertz CT molecular complexity index is 1740. The van der Waals surface area contributed by atoms with Crippen molar-refractivity contribution in [3.05, 3.63) is 0 Å². The Kier molecular flexibility index (Phi) is 60.8. The van der Waals surface area contributed by atoms with Crippen molar-refractivity contribution in [2.24, 2.45) is 11.8 Å². The molecular weight excluding hydrogens is 1170 g/mol. The second-order valence-electron chi connectivity index (χ2n) is 26.0. The van der Waals surface area contributed by atoms with Crippen molar-refractivity contribution >= 4 is 39.5 Å². The van der Waals surface area contributed by atoms with E-state index in [1.165, 1.54) is 167 Å². The second-order valence-corrected chi connectivity index (χ2v) is 28.9. The molecule has 0 spiro atoms. The van der Waals surface area contributed by atoms with Crippen molar-refractivity contribution in [1.29, 1.82) is 0 Å². The van der Waals surface area contributed by atoms with E-state index >= 15 is 0 Å². The molecule has 0 bridgehead atoms. The highest BCUT2D eigenvalue weighted by molar-refractivity contribution is 7.47. The maximum atomic E-state index is 13.0. The summed E-state index contributed by atoms with van der Waals surface area (Å²) >= 11 is 0. The van der Waals surface area contributed by atoms with Gasteiger partial charge in [-0.3, -0.25) is 37.3 Å². The molecule has 6 atom stereocenters. The van der Waals surface area contributed by atoms with Crippen molar-refractivity contribution in [1.82, 2.24) is 0 Å². The number of aliphatic hydroxyl groups is 1. The number of carbonyl (C=O) groups is 4. The highest BCUT2D eigenvalue weighted by atomic mass is 31.2. The first kappa shape index (κ1) is 87.1. The summed E-state index contributed by atoms with van der Waals surface area (Å²) in [5.74, 6) is -0.529. The number of phosphoric ester groups is 2. The van der Waals surface area contributed by atoms with Crippen LogP contribution >= 0.6 is 15.6 Å². The monoisotopic (exact) mass is 1310 g/mol. The number of phosphoric acid groups is 2. The average molecular weight is 1310 g/mol. The van der Waals surface area contributed by atoms with Crippen LogP contribution in [-0.4, -0.2) is 96.7 Å². The fraction of sp³-hybridized carbons (Fsp3) is 0.943. The molecule has 0 rings (SSSR count). The zero-order valence-electron chi connectivity index (χ0n) is 57.7. The van der Waals surface area contributed by atoms with Gasteiger partial charge in [-0.1, -0.05) is 305 Å². The molecule has 528 valence electrons. The molecule has 0 fully saturated rings. The summed E-state index contributed by atoms with van der Waals surface area (Å²) < 4.78 is 68.1. The summed E-state index contributed by atoms with van der Waals surface area (Å²) in [6.45, 7) is 9.52. The quantitative estimate of drug-likeness (QED) is 0.0222. The smallest absolute Gasteiger partial charge is 0.462 e. The molecule has 19 heteroatoms. The highest BCUT2D eigenvalue weighted by Crippen LogP contribution is 2.45. The van der Waals surface area contributed by atoms with Gasteiger partial charge in [-0.2, -0.15) is 0 Å². The molecule has 0 saturated heterocycles. The summed E-state index contributed by atoms with van der Waals surface area (Å²) in [7, 11) is -9.89. The minimum atomic E-state index is -4.95. The highest BCUT2D eigenvalue weighted by Gasteiger charge is 2.30. The van der Waals surface area contributed by atoms with Crippen molar-refractivity contribution < 1.29 is 80.2 Å². The summed E-state index contributed by atoms with van der Waals surface area (Å²) in [4.78, 5) is 72.3. The van der Waals surface area contributed by atoms with E-state index in [9.17, 15) is 43.2 Å². The largest absolute Gasteiger partial charge is 0.472 e. The van der Waals surface area contributed by atoms with Gasteiger partial charge in [-0.25, -0.2) is 9.13 Å². The van der Waals surface area contributed by atoms with Gasteiger partial charge < -0.3 is 33.8 Å². The molecule has 0 aliphatic carbocycles. The van der Waals surface area contributed by atoms with Crippen LogP contribution in [-0.2, 0) is 65.4 Å². The number of hydrogen-bond donors (Lipinski definition) is 3. The standard InChI is InChI=1S/C70H136O17P2/c1-7-10-12-14-15-16-17-20-24-31-36-42-48-54-69(74)86-65(58-80-67(72)52-46-38-13-11-8-2)60-84-88(76,77)82-56-64(71)57-83-89(78,79)85-61-66(59-81-68(73)53-47-41-35-30-27-26-29-34-40-45-51-63(6)9-3)87-70(75)55-49-43-37-32-25-22-19-18-21-23-28-33-39-44-50-62(4)5/h62-66,71H,7-61H2,1-6H3,(H,76,77)(H,78,79)/t63?,64-,65+,66+/m0/s1. The molecule has 0 amide bonds. The fourth-order valence-corrected chi connectivity index (χ4v) is 12.1. The predicted molar refractivity (Wildman–Crippen MR) is 358 cm³/mol. The van der Waals surface area contributed by atoms with Gasteiger partial charge in [0.25, 0.3) is 0 Å². The van der Waals surface area contributed by atoms with E-state index in [-0.39, 0.29) is 25.7 Å². The van der Waals surface area contributed by atoms with E-state index in [4.69, 9.17) is 37.0 Å². The molecule has 0 saturated carbocycles. The number of ether oxygens (including phenoxy) is 4. The molecule has 3 unspecified atom stereocenters. The normalized spacial score (nSPS) is 14.4. The average Bonchev–Trinajstić information content (AvgIpc) is 3.65. The Morgan fingerprint density at radius 1 is 0.326 bits per heavy atom. The lowest BCUT2D eigenvalue weighted by atomic mass is 9.99. The van der Waals surface area contributed by atoms with Gasteiger partial charge in [-0.15, -0.1) is 0 Å². The predicted octanol–water partition coefficient (Wildman–Crippen LogP) is 20.0. The van der Waals surface area contributed by atoms with Gasteiger partial charge in [0.05, 0.1) is 26.4 Å². The first-order chi connectivity index (χ1) is 42.9. The van der Waals surface area contributed by atoms with E-state index in [2.05, 4.69) is 41.5 Å². The molecule has 3 N–H and O–H groups in total. The van der Waals surface area contributed by atoms with Crippen LogP contribution in [0.3, 0.4) is 0 Å². The molecule has 17 nitrogen and oxygen atoms in total. The van der Waals surface area contributed by atoms with E-state index in [1.54, 1.807) is 0 Å². The minimum absolute atomic E-state index is 0.107. The van der Waals surface area contributed by atoms with Crippen LogP contribution < -0.4 is 0 Å². The molecule has 0 aromatic rings. The molecular formula is C70H136O17P2. The van der Waals surface area contributed by atoms with E-state index in [0.717, 1.165) is 108 Å². The third-order valence-corrected chi connectivity index (χ3v) is 18.5. The number of hydrogen-bond acceptors (Lipinski definition) is 15. The lowest BCUT2D eigenvalue weighted by Gasteiger charge is -2.21. The molecule has 0 aliphatic heterocycles. The molecule has 0 radical (unpaired) electrons. The van der Waals surface area contributed by atoms with E-state index in [1.807, 2.05) is 0 Å². The lowest BCUT2D eigenvalue weighted by molar-refractivity contribution is -0.161. The van der Waals surface area contributed by atoms with E-state index in [0.29, 0.717) is 25.7 Å². The Morgan fingerprint density at radius 2 is 0.573 bits per heavy atom. The van der Waals surface area contributed by atoms with Crippen LogP contribution in [0.5, 0.6) is 0 Å². The third-order valence-electron chi connectivity index (χ3n) is 16.6. The Labute approximate surface area is 543 Å². The second kappa shape index (κ2) is 62.2. The number of esters is 4. The first-order valence-corrected chi connectivity index (χ1v) is 39.5. The van der Waals surface area contributed by atoms with Crippen LogP contribution in [0.15, 0.2) is 0 Å². The Balaban J connectivity index is 5.17. The van der Waals surface area contributed by atoms with Crippen LogP contribution in [0.1, 0.15) is 356 Å². The van der Waals surface area contributed by atoms with Gasteiger partial charge >= 0.3 is 39.5 Å². The maximum absolute atomic E-state index is 13.0. The van der Waals surface area contributed by atoms with Crippen molar-refractivity contribution in [2.45, 2.75) is 374 Å². The molecule has 89 heavy (non-hydrogen) atoms. The number of unbranched alkanes of at least 4 members (excludes halogenated alkanes) is 38. The number of aliphatic hydroxyl groups excluding tert-OH is 1.